The van der Waals surface area contributed by atoms with Crippen LogP contribution >= 0.6 is 11.3 Å². The molecule has 27 heavy (non-hydrogen) atoms. The average molecular weight is 412 g/mol. The maximum absolute atomic E-state index is 12.9. The Balaban J connectivity index is 1.29. The van der Waals surface area contributed by atoms with Gasteiger partial charge in [-0.3, -0.25) is 14.5 Å². The van der Waals surface area contributed by atoms with E-state index in [1.807, 2.05) is 4.90 Å². The molecule has 1 aromatic heterocycles. The van der Waals surface area contributed by atoms with Crippen molar-refractivity contribution in [2.24, 2.45) is 5.92 Å². The summed E-state index contributed by atoms with van der Waals surface area (Å²) in [5, 5.41) is 2.08. The van der Waals surface area contributed by atoms with E-state index in [1.165, 1.54) is 4.88 Å². The summed E-state index contributed by atoms with van der Waals surface area (Å²) >= 11 is 1.75. The van der Waals surface area contributed by atoms with E-state index in [2.05, 4.69) is 22.4 Å². The maximum atomic E-state index is 12.9. The standard InChI is InChI=1S/C18H25N3O4S2/c22-17-10-14(11-21(17)15-3-9-27(24,25)13-15)18(23)20-6-4-19(5-7-20)12-16-2-1-8-26-16/h1-2,8,14-15H,3-7,9-13H2/t14-,15+/m0/s1. The van der Waals surface area contributed by atoms with Crippen molar-refractivity contribution in [1.29, 1.82) is 0 Å². The second kappa shape index (κ2) is 7.52. The number of carbonyl (C=O) groups is 2. The van der Waals surface area contributed by atoms with Crippen molar-refractivity contribution in [3.8, 4) is 0 Å². The summed E-state index contributed by atoms with van der Waals surface area (Å²) in [6, 6.07) is 3.94. The van der Waals surface area contributed by atoms with Crippen LogP contribution in [-0.4, -0.2) is 85.2 Å². The van der Waals surface area contributed by atoms with Crippen molar-refractivity contribution in [1.82, 2.24) is 14.7 Å². The van der Waals surface area contributed by atoms with E-state index in [-0.39, 0.29) is 41.7 Å². The van der Waals surface area contributed by atoms with Crippen LogP contribution in [0, 0.1) is 5.92 Å². The van der Waals surface area contributed by atoms with Crippen LogP contribution in [-0.2, 0) is 26.0 Å². The summed E-state index contributed by atoms with van der Waals surface area (Å²) < 4.78 is 23.4. The third-order valence-corrected chi connectivity index (χ3v) is 8.41. The molecule has 148 valence electrons. The summed E-state index contributed by atoms with van der Waals surface area (Å²) in [6.45, 7) is 4.35. The fraction of sp³-hybridized carbons (Fsp3) is 0.667. The largest absolute Gasteiger partial charge is 0.340 e. The Kier molecular flexibility index (Phi) is 5.26. The van der Waals surface area contributed by atoms with E-state index in [0.717, 1.165) is 19.6 Å². The predicted molar refractivity (Wildman–Crippen MR) is 103 cm³/mol. The molecule has 3 saturated heterocycles. The molecule has 1 aromatic rings. The zero-order valence-corrected chi connectivity index (χ0v) is 16.9. The van der Waals surface area contributed by atoms with Gasteiger partial charge in [-0.05, 0) is 17.9 Å². The van der Waals surface area contributed by atoms with Crippen molar-refractivity contribution in [3.05, 3.63) is 22.4 Å². The Morgan fingerprint density at radius 2 is 2.00 bits per heavy atom. The van der Waals surface area contributed by atoms with E-state index in [4.69, 9.17) is 0 Å². The smallest absolute Gasteiger partial charge is 0.228 e. The Hall–Kier alpha value is -1.45. The summed E-state index contributed by atoms with van der Waals surface area (Å²) in [4.78, 5) is 32.4. The second-order valence-corrected chi connectivity index (χ2v) is 10.9. The van der Waals surface area contributed by atoms with Gasteiger partial charge >= 0.3 is 0 Å². The van der Waals surface area contributed by atoms with Gasteiger partial charge in [0.1, 0.15) is 0 Å². The van der Waals surface area contributed by atoms with Gasteiger partial charge in [0.2, 0.25) is 11.8 Å². The molecule has 3 aliphatic rings. The lowest BCUT2D eigenvalue weighted by atomic mass is 10.1. The van der Waals surface area contributed by atoms with Gasteiger partial charge in [0.05, 0.1) is 17.4 Å². The minimum atomic E-state index is -3.04. The minimum Gasteiger partial charge on any atom is -0.340 e. The van der Waals surface area contributed by atoms with Crippen molar-refractivity contribution in [2.75, 3.05) is 44.2 Å². The molecule has 7 nitrogen and oxygen atoms in total. The topological polar surface area (TPSA) is 78.0 Å². The lowest BCUT2D eigenvalue weighted by Crippen LogP contribution is -2.50. The molecule has 4 rings (SSSR count). The molecule has 0 spiro atoms. The van der Waals surface area contributed by atoms with E-state index in [0.29, 0.717) is 26.1 Å². The number of rotatable bonds is 4. The summed E-state index contributed by atoms with van der Waals surface area (Å²) in [6.07, 6.45) is 0.709. The molecule has 3 aliphatic heterocycles. The van der Waals surface area contributed by atoms with Gasteiger partial charge in [-0.15, -0.1) is 11.3 Å². The first-order valence-electron chi connectivity index (χ1n) is 9.45. The zero-order chi connectivity index (χ0) is 19.0. The Morgan fingerprint density at radius 3 is 2.63 bits per heavy atom. The number of piperazine rings is 1. The van der Waals surface area contributed by atoms with E-state index in [9.17, 15) is 18.0 Å². The van der Waals surface area contributed by atoms with Crippen LogP contribution in [0.2, 0.25) is 0 Å². The lowest BCUT2D eigenvalue weighted by molar-refractivity contribution is -0.137. The quantitative estimate of drug-likeness (QED) is 0.718. The first-order valence-corrected chi connectivity index (χ1v) is 12.1. The van der Waals surface area contributed by atoms with Crippen molar-refractivity contribution < 1.29 is 18.0 Å². The molecular weight excluding hydrogens is 386 g/mol. The van der Waals surface area contributed by atoms with Gasteiger partial charge in [0, 0.05) is 56.6 Å². The lowest BCUT2D eigenvalue weighted by Gasteiger charge is -2.35. The van der Waals surface area contributed by atoms with Crippen LogP contribution in [0.3, 0.4) is 0 Å². The van der Waals surface area contributed by atoms with Crippen molar-refractivity contribution in [2.45, 2.75) is 25.4 Å². The van der Waals surface area contributed by atoms with Gasteiger partial charge in [0.25, 0.3) is 0 Å². The van der Waals surface area contributed by atoms with Gasteiger partial charge in [-0.1, -0.05) is 6.07 Å². The molecule has 0 saturated carbocycles. The van der Waals surface area contributed by atoms with Crippen LogP contribution in [0.5, 0.6) is 0 Å². The number of hydrogen-bond donors (Lipinski definition) is 0. The number of hydrogen-bond acceptors (Lipinski definition) is 6. The highest BCUT2D eigenvalue weighted by atomic mass is 32.2. The normalized spacial score (nSPS) is 28.8. The molecule has 0 N–H and O–H groups in total. The van der Waals surface area contributed by atoms with Crippen LogP contribution in [0.15, 0.2) is 17.5 Å². The highest BCUT2D eigenvalue weighted by molar-refractivity contribution is 7.91. The second-order valence-electron chi connectivity index (χ2n) is 7.68. The minimum absolute atomic E-state index is 0.0427. The van der Waals surface area contributed by atoms with Gasteiger partial charge < -0.3 is 9.80 Å². The average Bonchev–Trinajstić information content (AvgIpc) is 3.35. The Labute approximate surface area is 163 Å². The number of sulfone groups is 1. The molecule has 0 radical (unpaired) electrons. The van der Waals surface area contributed by atoms with Crippen molar-refractivity contribution >= 4 is 33.0 Å². The Bertz CT molecular complexity index is 801. The highest BCUT2D eigenvalue weighted by Crippen LogP contribution is 2.27. The monoisotopic (exact) mass is 411 g/mol. The molecule has 2 amide bonds. The number of amides is 2. The fourth-order valence-corrected chi connectivity index (χ4v) is 6.76. The molecule has 0 bridgehead atoms. The summed E-state index contributed by atoms with van der Waals surface area (Å²) in [7, 11) is -3.04. The Morgan fingerprint density at radius 1 is 1.22 bits per heavy atom. The summed E-state index contributed by atoms with van der Waals surface area (Å²) in [5.41, 5.74) is 0. The number of thiophene rings is 1. The van der Waals surface area contributed by atoms with E-state index in [1.54, 1.807) is 16.2 Å². The number of carbonyl (C=O) groups excluding carboxylic acids is 2. The zero-order valence-electron chi connectivity index (χ0n) is 15.2. The molecule has 9 heteroatoms. The van der Waals surface area contributed by atoms with Crippen LogP contribution in [0.1, 0.15) is 17.7 Å². The predicted octanol–water partition coefficient (Wildman–Crippen LogP) is 0.428. The third kappa shape index (κ3) is 4.20. The van der Waals surface area contributed by atoms with E-state index >= 15 is 0 Å². The molecule has 0 aromatic carbocycles. The highest BCUT2D eigenvalue weighted by Gasteiger charge is 2.43. The molecule has 3 fully saturated rings. The van der Waals surface area contributed by atoms with E-state index < -0.39 is 9.84 Å². The van der Waals surface area contributed by atoms with Gasteiger partial charge in [0.15, 0.2) is 9.84 Å². The first kappa shape index (κ1) is 18.9. The van der Waals surface area contributed by atoms with Gasteiger partial charge in [-0.2, -0.15) is 0 Å². The van der Waals surface area contributed by atoms with Gasteiger partial charge in [-0.25, -0.2) is 8.42 Å². The number of nitrogens with zero attached hydrogens (tertiary/aromatic N) is 3. The molecular formula is C18H25N3O4S2. The first-order chi connectivity index (χ1) is 12.9. The van der Waals surface area contributed by atoms with Crippen LogP contribution < -0.4 is 0 Å². The van der Waals surface area contributed by atoms with Crippen molar-refractivity contribution in [3.63, 3.8) is 0 Å². The third-order valence-electron chi connectivity index (χ3n) is 5.80. The van der Waals surface area contributed by atoms with Crippen LogP contribution in [0.4, 0.5) is 0 Å². The molecule has 0 unspecified atom stereocenters. The SMILES string of the molecule is O=C([C@H]1CC(=O)N([C@@H]2CCS(=O)(=O)C2)C1)N1CCN(Cc2cccs2)CC1. The molecule has 0 aliphatic carbocycles. The summed E-state index contributed by atoms with van der Waals surface area (Å²) in [5.74, 6) is -0.174. The molecule has 4 heterocycles. The maximum Gasteiger partial charge on any atom is 0.228 e. The number of likely N-dealkylation sites (tertiary alicyclic amines) is 1. The van der Waals surface area contributed by atoms with Crippen LogP contribution in [0.25, 0.3) is 0 Å². The fourth-order valence-electron chi connectivity index (χ4n) is 4.28. The molecule has 2 atom stereocenters.